The third kappa shape index (κ3) is 4.02. The van der Waals surface area contributed by atoms with Crippen molar-refractivity contribution in [3.8, 4) is 0 Å². The SMILES string of the molecule is Cc1cc(Br)c(NC(=O)C(C)Sc2nc3ccccc3s2)c(Br)c1. The van der Waals surface area contributed by atoms with Gasteiger partial charge in [0.1, 0.15) is 0 Å². The number of nitrogens with zero attached hydrogens (tertiary/aromatic N) is 1. The Kier molecular flexibility index (Phi) is 5.64. The summed E-state index contributed by atoms with van der Waals surface area (Å²) >= 11 is 10.1. The number of carbonyl (C=O) groups is 1. The number of para-hydroxylation sites is 1. The second-order valence-electron chi connectivity index (χ2n) is 5.30. The zero-order chi connectivity index (χ0) is 17.3. The molecule has 1 unspecified atom stereocenters. The lowest BCUT2D eigenvalue weighted by molar-refractivity contribution is -0.115. The molecule has 124 valence electrons. The molecule has 3 aromatic rings. The van der Waals surface area contributed by atoms with Crippen molar-refractivity contribution in [3.63, 3.8) is 0 Å². The van der Waals surface area contributed by atoms with Gasteiger partial charge in [0.2, 0.25) is 5.91 Å². The van der Waals surface area contributed by atoms with E-state index in [9.17, 15) is 4.79 Å². The van der Waals surface area contributed by atoms with E-state index in [-0.39, 0.29) is 11.2 Å². The van der Waals surface area contributed by atoms with Crippen LogP contribution in [0.15, 0.2) is 49.7 Å². The zero-order valence-corrected chi connectivity index (χ0v) is 17.8. The number of nitrogens with one attached hydrogen (secondary N) is 1. The second kappa shape index (κ2) is 7.56. The number of aromatic nitrogens is 1. The highest BCUT2D eigenvalue weighted by molar-refractivity contribution is 9.11. The highest BCUT2D eigenvalue weighted by Crippen LogP contribution is 2.35. The number of thiazole rings is 1. The first-order valence-electron chi connectivity index (χ1n) is 7.23. The van der Waals surface area contributed by atoms with Crippen LogP contribution in [-0.4, -0.2) is 16.1 Å². The minimum atomic E-state index is -0.245. The molecule has 3 nitrogen and oxygen atoms in total. The van der Waals surface area contributed by atoms with E-state index < -0.39 is 0 Å². The molecule has 0 aliphatic heterocycles. The molecule has 1 heterocycles. The molecule has 1 amide bonds. The monoisotopic (exact) mass is 484 g/mol. The van der Waals surface area contributed by atoms with E-state index in [1.807, 2.05) is 50.2 Å². The van der Waals surface area contributed by atoms with Crippen LogP contribution in [0.1, 0.15) is 12.5 Å². The zero-order valence-electron chi connectivity index (χ0n) is 13.0. The molecule has 0 radical (unpaired) electrons. The Bertz CT molecular complexity index is 854. The summed E-state index contributed by atoms with van der Waals surface area (Å²) < 4.78 is 3.76. The fraction of sp³-hybridized carbons (Fsp3) is 0.176. The third-order valence-corrected chi connectivity index (χ3v) is 6.84. The first kappa shape index (κ1) is 17.9. The van der Waals surface area contributed by atoms with E-state index in [1.165, 1.54) is 11.8 Å². The van der Waals surface area contributed by atoms with Gasteiger partial charge in [-0.25, -0.2) is 4.98 Å². The number of thioether (sulfide) groups is 1. The minimum absolute atomic E-state index is 0.0514. The Labute approximate surface area is 165 Å². The van der Waals surface area contributed by atoms with Crippen molar-refractivity contribution in [2.24, 2.45) is 0 Å². The number of amides is 1. The summed E-state index contributed by atoms with van der Waals surface area (Å²) in [5.74, 6) is -0.0514. The Morgan fingerprint density at radius 3 is 2.58 bits per heavy atom. The molecule has 1 atom stereocenters. The molecule has 0 aliphatic carbocycles. The topological polar surface area (TPSA) is 42.0 Å². The van der Waals surface area contributed by atoms with E-state index in [1.54, 1.807) is 11.3 Å². The Hall–Kier alpha value is -0.890. The van der Waals surface area contributed by atoms with Crippen molar-refractivity contribution < 1.29 is 4.79 Å². The van der Waals surface area contributed by atoms with Crippen LogP contribution in [0.4, 0.5) is 5.69 Å². The Morgan fingerprint density at radius 2 is 1.92 bits per heavy atom. The number of anilines is 1. The third-order valence-electron chi connectivity index (χ3n) is 3.36. The van der Waals surface area contributed by atoms with Gasteiger partial charge in [-0.1, -0.05) is 23.9 Å². The Balaban J connectivity index is 1.73. The molecule has 1 N–H and O–H groups in total. The first-order valence-corrected chi connectivity index (χ1v) is 10.5. The molecular weight excluding hydrogens is 472 g/mol. The molecule has 0 aliphatic rings. The highest BCUT2D eigenvalue weighted by Gasteiger charge is 2.19. The van der Waals surface area contributed by atoms with E-state index in [0.29, 0.717) is 0 Å². The molecule has 1 aromatic heterocycles. The van der Waals surface area contributed by atoms with Crippen LogP contribution in [0.25, 0.3) is 10.2 Å². The average molecular weight is 486 g/mol. The quantitative estimate of drug-likeness (QED) is 0.444. The number of carbonyl (C=O) groups excluding carboxylic acids is 1. The van der Waals surface area contributed by atoms with Gasteiger partial charge < -0.3 is 5.32 Å². The second-order valence-corrected chi connectivity index (χ2v) is 9.63. The summed E-state index contributed by atoms with van der Waals surface area (Å²) in [6, 6.07) is 12.0. The summed E-state index contributed by atoms with van der Waals surface area (Å²) in [4.78, 5) is 17.1. The normalized spacial score (nSPS) is 12.3. The molecule has 2 aromatic carbocycles. The van der Waals surface area contributed by atoms with Crippen LogP contribution in [0.2, 0.25) is 0 Å². The largest absolute Gasteiger partial charge is 0.323 e. The number of fused-ring (bicyclic) bond motifs is 1. The van der Waals surface area contributed by atoms with Crippen molar-refractivity contribution >= 4 is 76.8 Å². The molecule has 0 bridgehead atoms. The maximum atomic E-state index is 12.5. The Morgan fingerprint density at radius 1 is 1.25 bits per heavy atom. The van der Waals surface area contributed by atoms with Gasteiger partial charge in [-0.3, -0.25) is 4.79 Å². The van der Waals surface area contributed by atoms with Crippen molar-refractivity contribution in [2.75, 3.05) is 5.32 Å². The summed E-state index contributed by atoms with van der Waals surface area (Å²) in [5, 5.41) is 2.74. The van der Waals surface area contributed by atoms with Gasteiger partial charge in [0.05, 0.1) is 21.2 Å². The van der Waals surface area contributed by atoms with Gasteiger partial charge in [0.15, 0.2) is 4.34 Å². The van der Waals surface area contributed by atoms with Gasteiger partial charge >= 0.3 is 0 Å². The molecule has 0 saturated carbocycles. The summed E-state index contributed by atoms with van der Waals surface area (Å²) in [6.45, 7) is 3.90. The van der Waals surface area contributed by atoms with Crippen LogP contribution in [0.3, 0.4) is 0 Å². The lowest BCUT2D eigenvalue weighted by Crippen LogP contribution is -2.22. The molecule has 3 rings (SSSR count). The van der Waals surface area contributed by atoms with Crippen molar-refractivity contribution in [1.29, 1.82) is 0 Å². The number of hydrogen-bond acceptors (Lipinski definition) is 4. The smallest absolute Gasteiger partial charge is 0.237 e. The van der Waals surface area contributed by atoms with Gasteiger partial charge in [-0.2, -0.15) is 0 Å². The molecule has 0 spiro atoms. The van der Waals surface area contributed by atoms with Crippen LogP contribution in [0, 0.1) is 6.92 Å². The number of aryl methyl sites for hydroxylation is 1. The summed E-state index contributed by atoms with van der Waals surface area (Å²) in [5.41, 5.74) is 2.84. The lowest BCUT2D eigenvalue weighted by Gasteiger charge is -2.14. The van der Waals surface area contributed by atoms with Crippen LogP contribution >= 0.6 is 55.0 Å². The van der Waals surface area contributed by atoms with E-state index in [0.717, 1.165) is 34.8 Å². The maximum absolute atomic E-state index is 12.5. The predicted molar refractivity (Wildman–Crippen MR) is 110 cm³/mol. The fourth-order valence-electron chi connectivity index (χ4n) is 2.15. The summed E-state index contributed by atoms with van der Waals surface area (Å²) in [6.07, 6.45) is 0. The maximum Gasteiger partial charge on any atom is 0.237 e. The summed E-state index contributed by atoms with van der Waals surface area (Å²) in [7, 11) is 0. The number of rotatable bonds is 4. The molecule has 0 fully saturated rings. The predicted octanol–water partition coefficient (Wildman–Crippen LogP) is 6.25. The number of halogens is 2. The van der Waals surface area contributed by atoms with Gasteiger partial charge in [-0.15, -0.1) is 11.3 Å². The fourth-order valence-corrected chi connectivity index (χ4v) is 5.98. The molecule has 0 saturated heterocycles. The van der Waals surface area contributed by atoms with Crippen molar-refractivity contribution in [3.05, 3.63) is 50.9 Å². The molecule has 7 heteroatoms. The van der Waals surface area contributed by atoms with E-state index >= 15 is 0 Å². The van der Waals surface area contributed by atoms with E-state index in [2.05, 4.69) is 42.2 Å². The standard InChI is InChI=1S/C17H14Br2N2OS2/c1-9-7-11(18)15(12(19)8-9)21-16(22)10(2)23-17-20-13-5-3-4-6-14(13)24-17/h3-8,10H,1-2H3,(H,21,22). The van der Waals surface area contributed by atoms with Gasteiger partial charge in [0.25, 0.3) is 0 Å². The number of benzene rings is 2. The van der Waals surface area contributed by atoms with Gasteiger partial charge in [-0.05, 0) is 75.5 Å². The van der Waals surface area contributed by atoms with E-state index in [4.69, 9.17) is 0 Å². The average Bonchev–Trinajstić information content (AvgIpc) is 2.92. The number of hydrogen-bond donors (Lipinski definition) is 1. The minimum Gasteiger partial charge on any atom is -0.323 e. The van der Waals surface area contributed by atoms with Crippen LogP contribution < -0.4 is 5.32 Å². The molecular formula is C17H14Br2N2OS2. The lowest BCUT2D eigenvalue weighted by atomic mass is 10.2. The van der Waals surface area contributed by atoms with Crippen LogP contribution in [-0.2, 0) is 4.79 Å². The van der Waals surface area contributed by atoms with Crippen molar-refractivity contribution in [2.45, 2.75) is 23.4 Å². The first-order chi connectivity index (χ1) is 11.4. The van der Waals surface area contributed by atoms with Gasteiger partial charge in [0, 0.05) is 8.95 Å². The van der Waals surface area contributed by atoms with Crippen molar-refractivity contribution in [1.82, 2.24) is 4.98 Å². The molecule has 24 heavy (non-hydrogen) atoms. The van der Waals surface area contributed by atoms with Crippen LogP contribution in [0.5, 0.6) is 0 Å². The highest BCUT2D eigenvalue weighted by atomic mass is 79.9.